The summed E-state index contributed by atoms with van der Waals surface area (Å²) >= 11 is 0. The number of carbonyl (C=O) groups excluding carboxylic acids is 4. The summed E-state index contributed by atoms with van der Waals surface area (Å²) in [4.78, 5) is 73.2. The van der Waals surface area contributed by atoms with Crippen molar-refractivity contribution in [3.8, 4) is 35.4 Å². The van der Waals surface area contributed by atoms with E-state index in [1.165, 1.54) is 37.1 Å². The van der Waals surface area contributed by atoms with Crippen LogP contribution in [0, 0.1) is 41.2 Å². The largest absolute Gasteiger partial charge is 0.508 e. The SMILES string of the molecule is C#Cc1c(F)ccc2cc(O)cc(-c3ncc4c(N5CC6CC7CCC7CC(C5)N6)nc(OCC5(CN6CCN(Cc7ccc8c(c7)C(=O)N(C7CCC(=O)NC7=O)C8=O)CC6)CC5)nc4c3F)c12. The standard InChI is InChI=1S/C52H51F2N9O6/c1-2-35-40(53)8-6-31-20-34(64)21-38(43(31)35)45-44(54)46-39(22-55-45)47(62-24-32-18-29-4-5-30(29)19-33(25-62)56-32)59-51(58-46)69-27-52(11-12-52)26-61-15-13-60(14-16-61)23-28-3-7-36-37(17-28)50(68)63(49(36)67)41-9-10-42(65)57-48(41)66/h1,3,6-8,17,20-22,29-30,32-33,41,56,64H,4-5,9-16,18-19,23-27H2,(H,57,65,66). The van der Waals surface area contributed by atoms with E-state index in [0.717, 1.165) is 68.9 Å². The number of ether oxygens (including phenoxy) is 1. The zero-order chi connectivity index (χ0) is 47.3. The number of hydrogen-bond donors (Lipinski definition) is 3. The molecule has 7 aliphatic rings. The number of aromatic hydroxyl groups is 1. The van der Waals surface area contributed by atoms with Crippen LogP contribution in [-0.4, -0.2) is 129 Å². The van der Waals surface area contributed by atoms with Crippen molar-refractivity contribution in [2.45, 2.75) is 76.0 Å². The van der Waals surface area contributed by atoms with Gasteiger partial charge in [-0.2, -0.15) is 9.97 Å². The third-order valence-corrected chi connectivity index (χ3v) is 15.9. The number of benzene rings is 3. The summed E-state index contributed by atoms with van der Waals surface area (Å²) in [6, 6.07) is 10.4. The van der Waals surface area contributed by atoms with E-state index >= 15 is 8.78 Å². The van der Waals surface area contributed by atoms with Gasteiger partial charge in [0, 0.05) is 93.4 Å². The number of hydrogen-bond acceptors (Lipinski definition) is 13. The molecule has 0 radical (unpaired) electrons. The van der Waals surface area contributed by atoms with Gasteiger partial charge in [-0.05, 0) is 98.1 Å². The van der Waals surface area contributed by atoms with Gasteiger partial charge in [0.1, 0.15) is 34.6 Å². The molecule has 4 saturated heterocycles. The second-order valence-corrected chi connectivity index (χ2v) is 20.4. The summed E-state index contributed by atoms with van der Waals surface area (Å²) in [6.07, 6.45) is 14.1. The molecule has 2 aliphatic carbocycles. The minimum atomic E-state index is -1.01. The van der Waals surface area contributed by atoms with Crippen LogP contribution in [0.25, 0.3) is 32.9 Å². The Bertz CT molecular complexity index is 3040. The second kappa shape index (κ2) is 16.8. The van der Waals surface area contributed by atoms with Crippen LogP contribution in [0.5, 0.6) is 11.8 Å². The third kappa shape index (κ3) is 7.82. The molecule has 2 bridgehead atoms. The van der Waals surface area contributed by atoms with Crippen molar-refractivity contribution in [1.29, 1.82) is 0 Å². The van der Waals surface area contributed by atoms with Crippen molar-refractivity contribution in [3.63, 3.8) is 0 Å². The molecule has 7 heterocycles. The molecule has 2 aromatic heterocycles. The number of phenols is 1. The van der Waals surface area contributed by atoms with Crippen LogP contribution in [0.3, 0.4) is 0 Å². The zero-order valence-electron chi connectivity index (χ0n) is 38.0. The highest BCUT2D eigenvalue weighted by molar-refractivity contribution is 6.23. The number of piperidine rings is 1. The smallest absolute Gasteiger partial charge is 0.319 e. The van der Waals surface area contributed by atoms with E-state index in [1.807, 2.05) is 6.07 Å². The van der Waals surface area contributed by atoms with E-state index in [4.69, 9.17) is 21.1 Å². The molecular weight excluding hydrogens is 885 g/mol. The molecule has 69 heavy (non-hydrogen) atoms. The van der Waals surface area contributed by atoms with E-state index in [0.29, 0.717) is 54.7 Å². The average molecular weight is 936 g/mol. The number of piperazine rings is 2. The number of imide groups is 2. The zero-order valence-corrected chi connectivity index (χ0v) is 38.0. The lowest BCUT2D eigenvalue weighted by molar-refractivity contribution is -0.136. The molecule has 354 valence electrons. The molecule has 4 amide bonds. The number of aromatic nitrogens is 3. The van der Waals surface area contributed by atoms with Crippen molar-refractivity contribution < 1.29 is 37.8 Å². The number of amides is 4. The fourth-order valence-corrected chi connectivity index (χ4v) is 12.0. The minimum absolute atomic E-state index is 0.0173. The van der Waals surface area contributed by atoms with E-state index in [9.17, 15) is 24.3 Å². The van der Waals surface area contributed by atoms with Gasteiger partial charge in [-0.25, -0.2) is 8.78 Å². The number of phenolic OH excluding ortho intramolecular Hbond substituents is 1. The molecule has 17 heteroatoms. The van der Waals surface area contributed by atoms with Crippen molar-refractivity contribution in [2.24, 2.45) is 17.3 Å². The predicted octanol–water partition coefficient (Wildman–Crippen LogP) is 5.15. The van der Waals surface area contributed by atoms with Crippen LogP contribution in [0.1, 0.15) is 83.2 Å². The molecule has 15 nitrogen and oxygen atoms in total. The molecule has 5 aromatic rings. The number of anilines is 1. The number of fused-ring (bicyclic) bond motifs is 6. The Kier molecular flexibility index (Phi) is 10.6. The van der Waals surface area contributed by atoms with Gasteiger partial charge >= 0.3 is 6.01 Å². The van der Waals surface area contributed by atoms with Crippen LogP contribution in [0.4, 0.5) is 14.6 Å². The summed E-state index contributed by atoms with van der Waals surface area (Å²) in [5.74, 6) is 0.785. The van der Waals surface area contributed by atoms with Gasteiger partial charge in [0.2, 0.25) is 11.8 Å². The summed E-state index contributed by atoms with van der Waals surface area (Å²) < 4.78 is 39.0. The third-order valence-electron chi connectivity index (χ3n) is 15.9. The van der Waals surface area contributed by atoms with Gasteiger partial charge in [-0.1, -0.05) is 18.1 Å². The predicted molar refractivity (Wildman–Crippen MR) is 250 cm³/mol. The number of nitrogens with zero attached hydrogens (tertiary/aromatic N) is 7. The second-order valence-electron chi connectivity index (χ2n) is 20.4. The Morgan fingerprint density at radius 1 is 0.870 bits per heavy atom. The van der Waals surface area contributed by atoms with Gasteiger partial charge in [0.05, 0.1) is 28.7 Å². The fourth-order valence-electron chi connectivity index (χ4n) is 12.0. The van der Waals surface area contributed by atoms with Gasteiger partial charge in [0.25, 0.3) is 11.8 Å². The number of pyridine rings is 1. The van der Waals surface area contributed by atoms with Gasteiger partial charge in [-0.3, -0.25) is 39.3 Å². The van der Waals surface area contributed by atoms with E-state index in [2.05, 4.69) is 36.2 Å². The van der Waals surface area contributed by atoms with Crippen molar-refractivity contribution in [1.82, 2.24) is 40.3 Å². The van der Waals surface area contributed by atoms with Crippen LogP contribution >= 0.6 is 0 Å². The number of nitrogens with one attached hydrogen (secondary N) is 2. The highest BCUT2D eigenvalue weighted by Gasteiger charge is 2.47. The minimum Gasteiger partial charge on any atom is -0.508 e. The summed E-state index contributed by atoms with van der Waals surface area (Å²) in [6.45, 7) is 6.32. The van der Waals surface area contributed by atoms with Crippen LogP contribution in [0.15, 0.2) is 48.7 Å². The lowest BCUT2D eigenvalue weighted by Gasteiger charge is -2.39. The maximum atomic E-state index is 17.3. The topological polar surface area (TPSA) is 173 Å². The number of carbonyl (C=O) groups is 4. The van der Waals surface area contributed by atoms with Crippen molar-refractivity contribution >= 4 is 51.1 Å². The highest BCUT2D eigenvalue weighted by Crippen LogP contribution is 2.48. The molecule has 6 fully saturated rings. The van der Waals surface area contributed by atoms with Crippen LogP contribution in [-0.2, 0) is 16.1 Å². The lowest BCUT2D eigenvalue weighted by atomic mass is 9.69. The van der Waals surface area contributed by atoms with E-state index in [-0.39, 0.29) is 81.0 Å². The summed E-state index contributed by atoms with van der Waals surface area (Å²) in [5.41, 5.74) is 1.28. The van der Waals surface area contributed by atoms with Gasteiger partial charge < -0.3 is 25.0 Å². The average Bonchev–Trinajstić information content (AvgIpc) is 4.07. The normalized spacial score (nSPS) is 25.5. The molecular formula is C52H51F2N9O6. The Balaban J connectivity index is 0.764. The van der Waals surface area contributed by atoms with E-state index in [1.54, 1.807) is 18.3 Å². The van der Waals surface area contributed by atoms with Crippen molar-refractivity contribution in [2.75, 3.05) is 57.3 Å². The quantitative estimate of drug-likeness (QED) is 0.124. The summed E-state index contributed by atoms with van der Waals surface area (Å²) in [7, 11) is 0. The summed E-state index contributed by atoms with van der Waals surface area (Å²) in [5, 5.41) is 18.0. The number of rotatable bonds is 10. The molecule has 0 spiro atoms. The maximum Gasteiger partial charge on any atom is 0.319 e. The first-order valence-electron chi connectivity index (χ1n) is 24.1. The van der Waals surface area contributed by atoms with Crippen LogP contribution in [0.2, 0.25) is 0 Å². The van der Waals surface area contributed by atoms with Gasteiger partial charge in [-0.15, -0.1) is 6.42 Å². The van der Waals surface area contributed by atoms with Crippen molar-refractivity contribution in [3.05, 3.63) is 82.5 Å². The molecule has 12 rings (SSSR count). The Morgan fingerprint density at radius 2 is 1.61 bits per heavy atom. The highest BCUT2D eigenvalue weighted by atomic mass is 19.1. The first-order valence-corrected chi connectivity index (χ1v) is 24.1. The Hall–Kier alpha value is -6.61. The number of terminal acetylenes is 1. The fraction of sp³-hybridized carbons (Fsp3) is 0.442. The Labute approximate surface area is 396 Å². The molecule has 3 aromatic carbocycles. The lowest BCUT2D eigenvalue weighted by Crippen LogP contribution is -2.56. The molecule has 2 saturated carbocycles. The molecule has 5 atom stereocenters. The first-order chi connectivity index (χ1) is 33.4. The first kappa shape index (κ1) is 43.7. The monoisotopic (exact) mass is 935 g/mol. The Morgan fingerprint density at radius 3 is 2.32 bits per heavy atom. The molecule has 5 unspecified atom stereocenters. The molecule has 5 aliphatic heterocycles. The van der Waals surface area contributed by atoms with Gasteiger partial charge in [0.15, 0.2) is 5.82 Å². The maximum absolute atomic E-state index is 17.3. The molecule has 3 N–H and O–H groups in total. The number of halogens is 2. The van der Waals surface area contributed by atoms with E-state index < -0.39 is 41.3 Å². The van der Waals surface area contributed by atoms with Crippen LogP contribution < -0.4 is 20.3 Å².